The van der Waals surface area contributed by atoms with Gasteiger partial charge in [0.15, 0.2) is 5.15 Å². The summed E-state index contributed by atoms with van der Waals surface area (Å²) in [6.45, 7) is 0.624. The zero-order chi connectivity index (χ0) is 12.8. The molecule has 94 valence electrons. The Hall–Kier alpha value is -1.60. The molecule has 1 amide bonds. The highest BCUT2D eigenvalue weighted by Gasteiger charge is 2.09. The Morgan fingerprint density at radius 1 is 1.71 bits per heavy atom. The van der Waals surface area contributed by atoms with Gasteiger partial charge in [0.25, 0.3) is 5.56 Å². The zero-order valence-electron chi connectivity index (χ0n) is 9.27. The lowest BCUT2D eigenvalue weighted by atomic mass is 10.5. The highest BCUT2D eigenvalue weighted by Crippen LogP contribution is 2.07. The van der Waals surface area contributed by atoms with Gasteiger partial charge in [-0.3, -0.25) is 14.2 Å². The first-order valence-electron chi connectivity index (χ1n) is 4.82. The molecule has 1 heterocycles. The van der Waals surface area contributed by atoms with E-state index >= 15 is 0 Å². The van der Waals surface area contributed by atoms with Gasteiger partial charge in [-0.25, -0.2) is 4.98 Å². The number of hydrogen-bond donors (Lipinski definition) is 2. The zero-order valence-corrected chi connectivity index (χ0v) is 10.0. The van der Waals surface area contributed by atoms with Gasteiger partial charge in [-0.2, -0.15) is 0 Å². The molecule has 17 heavy (non-hydrogen) atoms. The molecule has 7 nitrogen and oxygen atoms in total. The summed E-state index contributed by atoms with van der Waals surface area (Å²) in [5.41, 5.74) is 4.70. The van der Waals surface area contributed by atoms with Crippen molar-refractivity contribution in [1.29, 1.82) is 0 Å². The fourth-order valence-electron chi connectivity index (χ4n) is 1.10. The van der Waals surface area contributed by atoms with E-state index in [-0.39, 0.29) is 23.3 Å². The van der Waals surface area contributed by atoms with E-state index in [1.807, 2.05) is 0 Å². The Labute approximate surface area is 103 Å². The van der Waals surface area contributed by atoms with Crippen molar-refractivity contribution >= 4 is 23.2 Å². The highest BCUT2D eigenvalue weighted by molar-refractivity contribution is 6.31. The number of nitrogens with zero attached hydrogens (tertiary/aromatic N) is 2. The minimum absolute atomic E-state index is 0.0639. The monoisotopic (exact) mass is 260 g/mol. The van der Waals surface area contributed by atoms with E-state index in [9.17, 15) is 9.59 Å². The molecule has 1 rings (SSSR count). The summed E-state index contributed by atoms with van der Waals surface area (Å²) in [5, 5.41) is 2.50. The molecule has 0 unspecified atom stereocenters. The van der Waals surface area contributed by atoms with Crippen LogP contribution in [0.5, 0.6) is 0 Å². The molecular formula is C9H13ClN4O3. The summed E-state index contributed by atoms with van der Waals surface area (Å²) < 4.78 is 5.85. The Morgan fingerprint density at radius 3 is 3.06 bits per heavy atom. The predicted molar refractivity (Wildman–Crippen MR) is 62.8 cm³/mol. The van der Waals surface area contributed by atoms with Crippen LogP contribution < -0.4 is 16.6 Å². The van der Waals surface area contributed by atoms with Gasteiger partial charge in [-0.1, -0.05) is 11.6 Å². The van der Waals surface area contributed by atoms with Crippen LogP contribution in [0.2, 0.25) is 5.15 Å². The van der Waals surface area contributed by atoms with Crippen molar-refractivity contribution in [1.82, 2.24) is 14.9 Å². The summed E-state index contributed by atoms with van der Waals surface area (Å²) in [4.78, 5) is 26.7. The van der Waals surface area contributed by atoms with Crippen molar-refractivity contribution in [2.75, 3.05) is 26.0 Å². The normalized spacial score (nSPS) is 10.2. The molecule has 0 aromatic carbocycles. The second-order valence-electron chi connectivity index (χ2n) is 3.22. The maximum Gasteiger partial charge on any atom is 0.278 e. The van der Waals surface area contributed by atoms with Gasteiger partial charge in [0, 0.05) is 13.7 Å². The number of methoxy groups -OCH3 is 1. The smallest absolute Gasteiger partial charge is 0.278 e. The van der Waals surface area contributed by atoms with E-state index in [0.29, 0.717) is 13.2 Å². The van der Waals surface area contributed by atoms with Gasteiger partial charge in [0.2, 0.25) is 5.91 Å². The lowest BCUT2D eigenvalue weighted by Gasteiger charge is -2.07. The Kier molecular flexibility index (Phi) is 4.92. The standard InChI is InChI=1S/C9H13ClN4O3/c1-17-3-2-12-6(15)4-14-5-13-8(10)7(11)9(14)16/h5H,2-4,11H2,1H3,(H,12,15). The van der Waals surface area contributed by atoms with Gasteiger partial charge in [0.05, 0.1) is 12.9 Å². The van der Waals surface area contributed by atoms with Crippen LogP contribution in [0.1, 0.15) is 0 Å². The molecule has 0 aliphatic carbocycles. The molecule has 0 aliphatic rings. The lowest BCUT2D eigenvalue weighted by molar-refractivity contribution is -0.121. The number of ether oxygens (including phenoxy) is 1. The number of hydrogen-bond acceptors (Lipinski definition) is 5. The molecule has 0 spiro atoms. The number of carbonyl (C=O) groups excluding carboxylic acids is 1. The minimum atomic E-state index is -0.535. The molecule has 0 saturated heterocycles. The lowest BCUT2D eigenvalue weighted by Crippen LogP contribution is -2.34. The van der Waals surface area contributed by atoms with Gasteiger partial charge >= 0.3 is 0 Å². The van der Waals surface area contributed by atoms with E-state index in [1.165, 1.54) is 13.4 Å². The largest absolute Gasteiger partial charge is 0.392 e. The van der Waals surface area contributed by atoms with E-state index in [4.69, 9.17) is 22.1 Å². The number of nitrogens with one attached hydrogen (secondary N) is 1. The number of anilines is 1. The Morgan fingerprint density at radius 2 is 2.41 bits per heavy atom. The van der Waals surface area contributed by atoms with Crippen molar-refractivity contribution in [2.24, 2.45) is 0 Å². The average molecular weight is 261 g/mol. The van der Waals surface area contributed by atoms with Crippen molar-refractivity contribution in [3.63, 3.8) is 0 Å². The fraction of sp³-hybridized carbons (Fsp3) is 0.444. The van der Waals surface area contributed by atoms with Gasteiger partial charge in [-0.05, 0) is 0 Å². The first kappa shape index (κ1) is 13.5. The van der Waals surface area contributed by atoms with Crippen LogP contribution in [-0.2, 0) is 16.1 Å². The number of aromatic nitrogens is 2. The third kappa shape index (κ3) is 3.72. The molecule has 0 aliphatic heterocycles. The molecule has 0 atom stereocenters. The number of nitrogen functional groups attached to an aromatic ring is 1. The number of amides is 1. The second-order valence-corrected chi connectivity index (χ2v) is 3.58. The quantitative estimate of drug-likeness (QED) is 0.536. The molecule has 3 N–H and O–H groups in total. The summed E-state index contributed by atoms with van der Waals surface area (Å²) >= 11 is 5.56. The molecule has 8 heteroatoms. The molecule has 0 bridgehead atoms. The molecule has 0 fully saturated rings. The second kappa shape index (κ2) is 6.21. The molecule has 1 aromatic rings. The van der Waals surface area contributed by atoms with Crippen molar-refractivity contribution in [2.45, 2.75) is 6.54 Å². The topological polar surface area (TPSA) is 99.2 Å². The third-order valence-electron chi connectivity index (χ3n) is 1.97. The van der Waals surface area contributed by atoms with Crippen LogP contribution in [0.25, 0.3) is 0 Å². The maximum atomic E-state index is 11.6. The van der Waals surface area contributed by atoms with Crippen LogP contribution in [0, 0.1) is 0 Å². The third-order valence-corrected chi connectivity index (χ3v) is 2.27. The predicted octanol–water partition coefficient (Wildman–Crippen LogP) is -0.758. The Bertz CT molecular complexity index is 460. The van der Waals surface area contributed by atoms with E-state index in [0.717, 1.165) is 4.57 Å². The maximum absolute atomic E-state index is 11.6. The SMILES string of the molecule is COCCNC(=O)Cn1cnc(Cl)c(N)c1=O. The molecule has 0 saturated carbocycles. The first-order chi connectivity index (χ1) is 8.06. The number of carbonyl (C=O) groups is 1. The van der Waals surface area contributed by atoms with Crippen LogP contribution in [-0.4, -0.2) is 35.7 Å². The Balaban J connectivity index is 2.66. The average Bonchev–Trinajstić information content (AvgIpc) is 2.30. The van der Waals surface area contributed by atoms with Gasteiger partial charge < -0.3 is 15.8 Å². The first-order valence-corrected chi connectivity index (χ1v) is 5.20. The van der Waals surface area contributed by atoms with Crippen LogP contribution in [0.3, 0.4) is 0 Å². The number of rotatable bonds is 5. The highest BCUT2D eigenvalue weighted by atomic mass is 35.5. The minimum Gasteiger partial charge on any atom is -0.392 e. The number of halogens is 1. The van der Waals surface area contributed by atoms with Gasteiger partial charge in [0.1, 0.15) is 12.2 Å². The van der Waals surface area contributed by atoms with Crippen molar-refractivity contribution in [3.05, 3.63) is 21.8 Å². The van der Waals surface area contributed by atoms with Crippen LogP contribution >= 0.6 is 11.6 Å². The number of nitrogens with two attached hydrogens (primary N) is 1. The molecule has 1 aromatic heterocycles. The summed E-state index contributed by atoms with van der Waals surface area (Å²) in [6, 6.07) is 0. The van der Waals surface area contributed by atoms with Crippen molar-refractivity contribution in [3.8, 4) is 0 Å². The van der Waals surface area contributed by atoms with E-state index < -0.39 is 5.56 Å². The van der Waals surface area contributed by atoms with E-state index in [1.54, 1.807) is 0 Å². The van der Waals surface area contributed by atoms with Gasteiger partial charge in [-0.15, -0.1) is 0 Å². The van der Waals surface area contributed by atoms with E-state index in [2.05, 4.69) is 10.3 Å². The summed E-state index contributed by atoms with van der Waals surface area (Å²) in [5.74, 6) is -0.326. The molecule has 0 radical (unpaired) electrons. The molecular weight excluding hydrogens is 248 g/mol. The fourth-order valence-corrected chi connectivity index (χ4v) is 1.23. The summed E-state index contributed by atoms with van der Waals surface area (Å²) in [6.07, 6.45) is 1.18. The van der Waals surface area contributed by atoms with Crippen LogP contribution in [0.15, 0.2) is 11.1 Å². The van der Waals surface area contributed by atoms with Crippen LogP contribution in [0.4, 0.5) is 5.69 Å². The van der Waals surface area contributed by atoms with Crippen molar-refractivity contribution < 1.29 is 9.53 Å². The summed E-state index contributed by atoms with van der Waals surface area (Å²) in [7, 11) is 1.53.